The molecule has 0 bridgehead atoms. The zero-order valence-corrected chi connectivity index (χ0v) is 16.5. The number of nitrogens with one attached hydrogen (secondary N) is 1. The minimum absolute atomic E-state index is 0.207. The molecule has 1 aliphatic rings. The smallest absolute Gasteiger partial charge is 0.244 e. The molecule has 2 aromatic carbocycles. The summed E-state index contributed by atoms with van der Waals surface area (Å²) in [6.07, 6.45) is 0. The zero-order valence-electron chi connectivity index (χ0n) is 15.7. The van der Waals surface area contributed by atoms with E-state index in [9.17, 15) is 13.2 Å². The first-order valence-electron chi connectivity index (χ1n) is 8.94. The van der Waals surface area contributed by atoms with Gasteiger partial charge in [-0.15, -0.1) is 0 Å². The molecule has 1 unspecified atom stereocenters. The van der Waals surface area contributed by atoms with Crippen LogP contribution in [0.25, 0.3) is 0 Å². The van der Waals surface area contributed by atoms with Crippen LogP contribution >= 0.6 is 0 Å². The van der Waals surface area contributed by atoms with Crippen molar-refractivity contribution in [2.45, 2.75) is 31.7 Å². The van der Waals surface area contributed by atoms with Crippen LogP contribution in [0.5, 0.6) is 5.75 Å². The Morgan fingerprint density at radius 1 is 1.15 bits per heavy atom. The number of sulfonamides is 1. The second-order valence-electron chi connectivity index (χ2n) is 6.54. The lowest BCUT2D eigenvalue weighted by atomic mass is 10.1. The first-order chi connectivity index (χ1) is 12.9. The number of ether oxygens (including phenoxy) is 1. The van der Waals surface area contributed by atoms with Gasteiger partial charge in [-0.25, -0.2) is 8.42 Å². The Kier molecular flexibility index (Phi) is 5.53. The number of hydrogen-bond donors (Lipinski definition) is 1. The van der Waals surface area contributed by atoms with Gasteiger partial charge >= 0.3 is 0 Å². The molecule has 144 valence electrons. The highest BCUT2D eigenvalue weighted by Gasteiger charge is 2.40. The van der Waals surface area contributed by atoms with E-state index < -0.39 is 16.1 Å². The molecule has 0 aliphatic carbocycles. The molecule has 0 aromatic heterocycles. The predicted molar refractivity (Wildman–Crippen MR) is 103 cm³/mol. The SMILES string of the molecule is CCOc1cc(C)c(S(=O)(=O)N2CCNC(=O)C2c2ccccc2)cc1C. The lowest BCUT2D eigenvalue weighted by Crippen LogP contribution is -2.52. The summed E-state index contributed by atoms with van der Waals surface area (Å²) in [5.74, 6) is 0.362. The van der Waals surface area contributed by atoms with Crippen LogP contribution in [0.2, 0.25) is 0 Å². The summed E-state index contributed by atoms with van der Waals surface area (Å²) in [6, 6.07) is 11.5. The maximum atomic E-state index is 13.5. The van der Waals surface area contributed by atoms with Gasteiger partial charge in [0.2, 0.25) is 15.9 Å². The van der Waals surface area contributed by atoms with E-state index in [2.05, 4.69) is 5.32 Å². The first kappa shape index (κ1) is 19.4. The average molecular weight is 388 g/mol. The minimum atomic E-state index is -3.86. The zero-order chi connectivity index (χ0) is 19.6. The van der Waals surface area contributed by atoms with Gasteiger partial charge in [0.25, 0.3) is 0 Å². The fraction of sp³-hybridized carbons (Fsp3) is 0.350. The summed E-state index contributed by atoms with van der Waals surface area (Å²) < 4.78 is 33.8. The number of carbonyl (C=O) groups is 1. The third kappa shape index (κ3) is 3.70. The highest BCUT2D eigenvalue weighted by Crippen LogP contribution is 2.33. The number of carbonyl (C=O) groups excluding carboxylic acids is 1. The Bertz CT molecular complexity index is 942. The molecule has 6 nitrogen and oxygen atoms in total. The van der Waals surface area contributed by atoms with Crippen LogP contribution in [0.15, 0.2) is 47.4 Å². The van der Waals surface area contributed by atoms with Crippen molar-refractivity contribution in [3.63, 3.8) is 0 Å². The third-order valence-corrected chi connectivity index (χ3v) is 6.65. The van der Waals surface area contributed by atoms with Gasteiger partial charge in [0.05, 0.1) is 11.5 Å². The third-order valence-electron chi connectivity index (χ3n) is 4.64. The van der Waals surface area contributed by atoms with E-state index in [0.717, 1.165) is 5.56 Å². The van der Waals surface area contributed by atoms with E-state index in [-0.39, 0.29) is 23.9 Å². The minimum Gasteiger partial charge on any atom is -0.494 e. The Morgan fingerprint density at radius 2 is 1.85 bits per heavy atom. The second kappa shape index (κ2) is 7.70. The molecular weight excluding hydrogens is 364 g/mol. The molecular formula is C20H24N2O4S. The van der Waals surface area contributed by atoms with Gasteiger partial charge in [-0.1, -0.05) is 30.3 Å². The van der Waals surface area contributed by atoms with Crippen molar-refractivity contribution in [3.8, 4) is 5.75 Å². The molecule has 0 spiro atoms. The second-order valence-corrected chi connectivity index (χ2v) is 8.40. The Morgan fingerprint density at radius 3 is 2.52 bits per heavy atom. The molecule has 1 atom stereocenters. The molecule has 0 saturated carbocycles. The Labute approximate surface area is 160 Å². The largest absolute Gasteiger partial charge is 0.494 e. The van der Waals surface area contributed by atoms with Crippen molar-refractivity contribution >= 4 is 15.9 Å². The van der Waals surface area contributed by atoms with E-state index in [1.807, 2.05) is 19.9 Å². The van der Waals surface area contributed by atoms with E-state index >= 15 is 0 Å². The molecule has 1 saturated heterocycles. The van der Waals surface area contributed by atoms with Crippen LogP contribution in [0.4, 0.5) is 0 Å². The molecule has 1 fully saturated rings. The lowest BCUT2D eigenvalue weighted by molar-refractivity contribution is -0.126. The summed E-state index contributed by atoms with van der Waals surface area (Å²) in [7, 11) is -3.86. The summed E-state index contributed by atoms with van der Waals surface area (Å²) in [4.78, 5) is 12.7. The van der Waals surface area contributed by atoms with Gasteiger partial charge in [0.1, 0.15) is 11.8 Å². The van der Waals surface area contributed by atoms with Crippen molar-refractivity contribution in [2.24, 2.45) is 0 Å². The number of benzene rings is 2. The number of amides is 1. The van der Waals surface area contributed by atoms with Crippen LogP contribution < -0.4 is 10.1 Å². The number of rotatable bonds is 5. The van der Waals surface area contributed by atoms with Gasteiger partial charge in [0, 0.05) is 13.1 Å². The maximum absolute atomic E-state index is 13.5. The Hall–Kier alpha value is -2.38. The number of hydrogen-bond acceptors (Lipinski definition) is 4. The molecule has 1 amide bonds. The highest BCUT2D eigenvalue weighted by molar-refractivity contribution is 7.89. The maximum Gasteiger partial charge on any atom is 0.244 e. The summed E-state index contributed by atoms with van der Waals surface area (Å²) >= 11 is 0. The normalized spacial score (nSPS) is 18.2. The lowest BCUT2D eigenvalue weighted by Gasteiger charge is -2.34. The van der Waals surface area contributed by atoms with Crippen LogP contribution in [-0.2, 0) is 14.8 Å². The molecule has 1 N–H and O–H groups in total. The van der Waals surface area contributed by atoms with Crippen LogP contribution in [-0.4, -0.2) is 38.3 Å². The molecule has 0 radical (unpaired) electrons. The molecule has 7 heteroatoms. The topological polar surface area (TPSA) is 75.7 Å². The van der Waals surface area contributed by atoms with Crippen LogP contribution in [0.1, 0.15) is 29.7 Å². The van der Waals surface area contributed by atoms with E-state index in [0.29, 0.717) is 23.5 Å². The van der Waals surface area contributed by atoms with Gasteiger partial charge in [-0.2, -0.15) is 4.31 Å². The average Bonchev–Trinajstić information content (AvgIpc) is 2.65. The monoisotopic (exact) mass is 388 g/mol. The van der Waals surface area contributed by atoms with Crippen molar-refractivity contribution in [2.75, 3.05) is 19.7 Å². The van der Waals surface area contributed by atoms with E-state index in [1.165, 1.54) is 4.31 Å². The number of piperazine rings is 1. The highest BCUT2D eigenvalue weighted by atomic mass is 32.2. The van der Waals surface area contributed by atoms with Crippen molar-refractivity contribution in [3.05, 3.63) is 59.2 Å². The van der Waals surface area contributed by atoms with Crippen molar-refractivity contribution in [1.29, 1.82) is 0 Å². The molecule has 3 rings (SSSR count). The van der Waals surface area contributed by atoms with Gasteiger partial charge < -0.3 is 10.1 Å². The molecule has 1 aliphatic heterocycles. The van der Waals surface area contributed by atoms with Crippen LogP contribution in [0, 0.1) is 13.8 Å². The first-order valence-corrected chi connectivity index (χ1v) is 10.4. The van der Waals surface area contributed by atoms with Crippen LogP contribution in [0.3, 0.4) is 0 Å². The van der Waals surface area contributed by atoms with Gasteiger partial charge in [-0.05, 0) is 49.6 Å². The molecule has 27 heavy (non-hydrogen) atoms. The number of nitrogens with zero attached hydrogens (tertiary/aromatic N) is 1. The fourth-order valence-corrected chi connectivity index (χ4v) is 5.21. The predicted octanol–water partition coefficient (Wildman–Crippen LogP) is 2.56. The Balaban J connectivity index is 2.07. The summed E-state index contributed by atoms with van der Waals surface area (Å²) in [5.41, 5.74) is 2.00. The van der Waals surface area contributed by atoms with Gasteiger partial charge in [0.15, 0.2) is 0 Å². The summed E-state index contributed by atoms with van der Waals surface area (Å²) in [6.45, 7) is 6.47. The van der Waals surface area contributed by atoms with E-state index in [1.54, 1.807) is 43.3 Å². The molecule has 2 aromatic rings. The quantitative estimate of drug-likeness (QED) is 0.854. The van der Waals surface area contributed by atoms with E-state index in [4.69, 9.17) is 4.74 Å². The van der Waals surface area contributed by atoms with Crippen molar-refractivity contribution in [1.82, 2.24) is 9.62 Å². The molecule has 1 heterocycles. The number of aryl methyl sites for hydroxylation is 2. The summed E-state index contributed by atoms with van der Waals surface area (Å²) in [5, 5.41) is 2.77. The standard InChI is InChI=1S/C20H24N2O4S/c1-4-26-17-12-15(3)18(13-14(17)2)27(24,25)22-11-10-21-20(23)19(22)16-8-6-5-7-9-16/h5-9,12-13,19H,4,10-11H2,1-3H3,(H,21,23). The van der Waals surface area contributed by atoms with Crippen molar-refractivity contribution < 1.29 is 17.9 Å². The fourth-order valence-electron chi connectivity index (χ4n) is 3.34. The van der Waals surface area contributed by atoms with Gasteiger partial charge in [-0.3, -0.25) is 4.79 Å².